The molecule has 0 bridgehead atoms. The van der Waals surface area contributed by atoms with Gasteiger partial charge >= 0.3 is 0 Å². The first-order valence-electron chi connectivity index (χ1n) is 12.4. The monoisotopic (exact) mass is 410 g/mol. The summed E-state index contributed by atoms with van der Waals surface area (Å²) < 4.78 is 0. The summed E-state index contributed by atoms with van der Waals surface area (Å²) in [5.41, 5.74) is 7.99. The Morgan fingerprint density at radius 1 is 0.800 bits per heavy atom. The fraction of sp³-hybridized carbons (Fsp3) is 0.667. The van der Waals surface area contributed by atoms with E-state index in [4.69, 9.17) is 0 Å². The average molecular weight is 411 g/mol. The van der Waals surface area contributed by atoms with Crippen LogP contribution in [0, 0.1) is 11.3 Å². The van der Waals surface area contributed by atoms with Crippen molar-refractivity contribution in [2.75, 3.05) is 0 Å². The summed E-state index contributed by atoms with van der Waals surface area (Å²) in [6, 6.07) is 0. The van der Waals surface area contributed by atoms with Crippen molar-refractivity contribution in [3.8, 4) is 0 Å². The number of rotatable bonds is 12. The van der Waals surface area contributed by atoms with Gasteiger partial charge in [0.2, 0.25) is 0 Å². The summed E-state index contributed by atoms with van der Waals surface area (Å²) in [6.45, 7) is 20.5. The number of allylic oxidation sites excluding steroid dienone is 9. The Kier molecular flexibility index (Phi) is 12.4. The molecule has 0 aromatic heterocycles. The molecule has 0 heteroatoms. The van der Waals surface area contributed by atoms with Crippen LogP contribution in [0.2, 0.25) is 0 Å². The summed E-state index contributed by atoms with van der Waals surface area (Å²) in [6.07, 6.45) is 23.2. The lowest BCUT2D eigenvalue weighted by Gasteiger charge is -2.40. The lowest BCUT2D eigenvalue weighted by molar-refractivity contribution is 0.180. The molecule has 1 aliphatic rings. The molecule has 1 aliphatic carbocycles. The lowest BCUT2D eigenvalue weighted by Crippen LogP contribution is -2.29. The topological polar surface area (TPSA) is 0 Å². The molecule has 1 rings (SSSR count). The van der Waals surface area contributed by atoms with E-state index in [0.717, 1.165) is 0 Å². The second-order valence-corrected chi connectivity index (χ2v) is 10.7. The molecule has 0 unspecified atom stereocenters. The molecule has 30 heavy (non-hydrogen) atoms. The maximum absolute atomic E-state index is 4.39. The highest BCUT2D eigenvalue weighted by Crippen LogP contribution is 2.45. The molecule has 170 valence electrons. The minimum Gasteiger partial charge on any atom is -0.0996 e. The van der Waals surface area contributed by atoms with Gasteiger partial charge in [0.05, 0.1) is 0 Å². The van der Waals surface area contributed by atoms with Gasteiger partial charge in [-0.3, -0.25) is 0 Å². The first-order valence-corrected chi connectivity index (χ1v) is 12.4. The molecule has 0 N–H and O–H groups in total. The Balaban J connectivity index is 2.29. The van der Waals surface area contributed by atoms with E-state index in [9.17, 15) is 0 Å². The van der Waals surface area contributed by atoms with Crippen LogP contribution in [0.1, 0.15) is 119 Å². The van der Waals surface area contributed by atoms with E-state index >= 15 is 0 Å². The first-order chi connectivity index (χ1) is 14.1. The van der Waals surface area contributed by atoms with E-state index in [1.165, 1.54) is 92.9 Å². The van der Waals surface area contributed by atoms with E-state index in [0.29, 0.717) is 11.3 Å². The van der Waals surface area contributed by atoms with Crippen LogP contribution >= 0.6 is 0 Å². The second kappa shape index (κ2) is 13.9. The van der Waals surface area contributed by atoms with Crippen molar-refractivity contribution >= 4 is 0 Å². The molecule has 1 fully saturated rings. The summed E-state index contributed by atoms with van der Waals surface area (Å²) >= 11 is 0. The van der Waals surface area contributed by atoms with E-state index in [1.54, 1.807) is 5.57 Å². The largest absolute Gasteiger partial charge is 0.0996 e. The van der Waals surface area contributed by atoms with Gasteiger partial charge < -0.3 is 0 Å². The van der Waals surface area contributed by atoms with Gasteiger partial charge in [0.1, 0.15) is 0 Å². The van der Waals surface area contributed by atoms with Crippen LogP contribution in [-0.4, -0.2) is 0 Å². The van der Waals surface area contributed by atoms with Gasteiger partial charge in [-0.1, -0.05) is 72.6 Å². The standard InChI is InChI=1S/C30H50/c1-24(2)14-11-17-26(4)19-12-18-25(3)15-9-10-16-27(5)21-22-29-28(6)20-13-23-30(29,7)8/h14-16,19,29H,6,9-13,17-18,20-23H2,1-5,7-8H3/t29-/m1/s1. The zero-order valence-corrected chi connectivity index (χ0v) is 21.4. The molecule has 0 aliphatic heterocycles. The van der Waals surface area contributed by atoms with Crippen molar-refractivity contribution in [1.29, 1.82) is 0 Å². The molecular formula is C30H50. The van der Waals surface area contributed by atoms with Crippen LogP contribution in [0.4, 0.5) is 0 Å². The zero-order chi connectivity index (χ0) is 22.6. The molecule has 0 saturated heterocycles. The molecule has 0 aromatic rings. The molecule has 0 amide bonds. The minimum atomic E-state index is 0.438. The zero-order valence-electron chi connectivity index (χ0n) is 21.4. The van der Waals surface area contributed by atoms with E-state index in [2.05, 4.69) is 79.3 Å². The molecule has 0 radical (unpaired) electrons. The van der Waals surface area contributed by atoms with Crippen molar-refractivity contribution in [3.05, 3.63) is 58.7 Å². The van der Waals surface area contributed by atoms with Crippen LogP contribution in [0.3, 0.4) is 0 Å². The Labute approximate surface area is 189 Å². The smallest absolute Gasteiger partial charge is 0.0152 e. The Hall–Kier alpha value is -1.30. The predicted octanol–water partition coefficient (Wildman–Crippen LogP) is 10.3. The van der Waals surface area contributed by atoms with Crippen molar-refractivity contribution in [2.45, 2.75) is 119 Å². The second-order valence-electron chi connectivity index (χ2n) is 10.7. The van der Waals surface area contributed by atoms with Gasteiger partial charge in [-0.2, -0.15) is 0 Å². The maximum Gasteiger partial charge on any atom is -0.0152 e. The number of unbranched alkanes of at least 4 members (excludes halogenated alkanes) is 1. The summed E-state index contributed by atoms with van der Waals surface area (Å²) in [5.74, 6) is 0.704. The third kappa shape index (κ3) is 11.2. The fourth-order valence-corrected chi connectivity index (χ4v) is 4.74. The van der Waals surface area contributed by atoms with Crippen LogP contribution in [0.15, 0.2) is 58.7 Å². The number of hydrogen-bond acceptors (Lipinski definition) is 0. The molecule has 0 spiro atoms. The maximum atomic E-state index is 4.39. The highest BCUT2D eigenvalue weighted by molar-refractivity contribution is 5.11. The molecular weight excluding hydrogens is 360 g/mol. The Bertz CT molecular complexity index is 644. The van der Waals surface area contributed by atoms with Gasteiger partial charge in [0.25, 0.3) is 0 Å². The molecule has 1 atom stereocenters. The van der Waals surface area contributed by atoms with Gasteiger partial charge in [0, 0.05) is 0 Å². The average Bonchev–Trinajstić information content (AvgIpc) is 2.64. The van der Waals surface area contributed by atoms with Crippen LogP contribution in [0.5, 0.6) is 0 Å². The van der Waals surface area contributed by atoms with Crippen molar-refractivity contribution < 1.29 is 0 Å². The van der Waals surface area contributed by atoms with E-state index in [1.807, 2.05) is 0 Å². The number of hydrogen-bond donors (Lipinski definition) is 0. The summed E-state index contributed by atoms with van der Waals surface area (Å²) in [5, 5.41) is 0. The van der Waals surface area contributed by atoms with Gasteiger partial charge in [-0.25, -0.2) is 0 Å². The van der Waals surface area contributed by atoms with Gasteiger partial charge in [-0.05, 0) is 117 Å². The highest BCUT2D eigenvalue weighted by Gasteiger charge is 2.33. The molecule has 0 aromatic carbocycles. The Morgan fingerprint density at radius 2 is 1.30 bits per heavy atom. The van der Waals surface area contributed by atoms with Crippen LogP contribution in [-0.2, 0) is 0 Å². The van der Waals surface area contributed by atoms with Crippen LogP contribution in [0.25, 0.3) is 0 Å². The van der Waals surface area contributed by atoms with Gasteiger partial charge in [0.15, 0.2) is 0 Å². The third-order valence-corrected chi connectivity index (χ3v) is 6.86. The quantitative estimate of drug-likeness (QED) is 0.222. The van der Waals surface area contributed by atoms with E-state index < -0.39 is 0 Å². The van der Waals surface area contributed by atoms with Crippen molar-refractivity contribution in [2.24, 2.45) is 11.3 Å². The Morgan fingerprint density at radius 3 is 1.83 bits per heavy atom. The molecule has 1 saturated carbocycles. The normalized spacial score (nSPS) is 20.4. The summed E-state index contributed by atoms with van der Waals surface area (Å²) in [4.78, 5) is 0. The molecule has 0 nitrogen and oxygen atoms in total. The molecule has 0 heterocycles. The van der Waals surface area contributed by atoms with Crippen molar-refractivity contribution in [1.82, 2.24) is 0 Å². The highest BCUT2D eigenvalue weighted by atomic mass is 14.4. The minimum absolute atomic E-state index is 0.438. The van der Waals surface area contributed by atoms with E-state index in [-0.39, 0.29) is 0 Å². The van der Waals surface area contributed by atoms with Crippen molar-refractivity contribution in [3.63, 3.8) is 0 Å². The van der Waals surface area contributed by atoms with Crippen LogP contribution < -0.4 is 0 Å². The lowest BCUT2D eigenvalue weighted by atomic mass is 9.65. The summed E-state index contributed by atoms with van der Waals surface area (Å²) in [7, 11) is 0. The third-order valence-electron chi connectivity index (χ3n) is 6.86. The van der Waals surface area contributed by atoms with Gasteiger partial charge in [-0.15, -0.1) is 0 Å². The SMILES string of the molecule is C=C1CCCC(C)(C)[C@@H]1CCC(C)=CCCC=C(C)CCC=C(C)CCC=C(C)C. The fourth-order valence-electron chi connectivity index (χ4n) is 4.74. The predicted molar refractivity (Wildman–Crippen MR) is 138 cm³/mol. The first kappa shape index (κ1) is 26.7.